The van der Waals surface area contributed by atoms with Gasteiger partial charge in [-0.2, -0.15) is 5.10 Å². The van der Waals surface area contributed by atoms with E-state index in [1.807, 2.05) is 29.8 Å². The first-order valence-corrected chi connectivity index (χ1v) is 11.6. The molecule has 30 heavy (non-hydrogen) atoms. The summed E-state index contributed by atoms with van der Waals surface area (Å²) in [4.78, 5) is 16.8. The highest BCUT2D eigenvalue weighted by molar-refractivity contribution is 7.89. The third-order valence-electron chi connectivity index (χ3n) is 5.75. The zero-order valence-electron chi connectivity index (χ0n) is 16.8. The average Bonchev–Trinajstić information content (AvgIpc) is 3.12. The standard InChI is InChI=1S/C21H25N5O3S/c1-14-11-20-23-10-9-19(26(20)25-14)16-7-5-15(6-8-16)13-24-21(27)17-3-2-4-18(12-17)30(22,28)29/h2-4,9-12,15-16H,5-8,13H2,1H3,(H,24,27)(H2,22,28,29). The van der Waals surface area contributed by atoms with Gasteiger partial charge in [-0.3, -0.25) is 4.79 Å². The first-order valence-electron chi connectivity index (χ1n) is 10.0. The van der Waals surface area contributed by atoms with Crippen LogP contribution < -0.4 is 10.5 Å². The van der Waals surface area contributed by atoms with Crippen molar-refractivity contribution in [3.05, 3.63) is 59.5 Å². The number of hydrogen-bond acceptors (Lipinski definition) is 5. The number of carbonyl (C=O) groups excluding carboxylic acids is 1. The summed E-state index contributed by atoms with van der Waals surface area (Å²) in [6, 6.07) is 9.82. The largest absolute Gasteiger partial charge is 0.352 e. The Hall–Kier alpha value is -2.78. The van der Waals surface area contributed by atoms with E-state index in [0.29, 0.717) is 23.9 Å². The van der Waals surface area contributed by atoms with Crippen molar-refractivity contribution in [2.45, 2.75) is 43.4 Å². The number of amides is 1. The molecule has 0 aliphatic heterocycles. The molecule has 0 saturated heterocycles. The smallest absolute Gasteiger partial charge is 0.251 e. The average molecular weight is 428 g/mol. The van der Waals surface area contributed by atoms with Gasteiger partial charge in [0.1, 0.15) is 0 Å². The van der Waals surface area contributed by atoms with E-state index in [4.69, 9.17) is 5.14 Å². The second-order valence-electron chi connectivity index (χ2n) is 7.93. The van der Waals surface area contributed by atoms with E-state index < -0.39 is 10.0 Å². The molecule has 4 rings (SSSR count). The van der Waals surface area contributed by atoms with Crippen molar-refractivity contribution >= 4 is 21.6 Å². The first kappa shape index (κ1) is 20.5. The Morgan fingerprint density at radius 1 is 1.20 bits per heavy atom. The number of nitrogens with zero attached hydrogens (tertiary/aromatic N) is 3. The number of aryl methyl sites for hydroxylation is 1. The number of aromatic nitrogens is 3. The Labute approximate surface area is 175 Å². The van der Waals surface area contributed by atoms with Crippen molar-refractivity contribution in [3.63, 3.8) is 0 Å². The summed E-state index contributed by atoms with van der Waals surface area (Å²) in [6.07, 6.45) is 5.91. The molecule has 2 aromatic heterocycles. The van der Waals surface area contributed by atoms with Gasteiger partial charge in [-0.1, -0.05) is 6.07 Å². The van der Waals surface area contributed by atoms with Crippen molar-refractivity contribution in [2.75, 3.05) is 6.54 Å². The number of nitrogens with two attached hydrogens (primary N) is 1. The van der Waals surface area contributed by atoms with Gasteiger partial charge in [0.05, 0.1) is 10.6 Å². The number of sulfonamides is 1. The minimum Gasteiger partial charge on any atom is -0.352 e. The first-order chi connectivity index (χ1) is 14.3. The summed E-state index contributed by atoms with van der Waals surface area (Å²) in [5, 5.41) is 12.6. The van der Waals surface area contributed by atoms with Crippen LogP contribution in [0.2, 0.25) is 0 Å². The van der Waals surface area contributed by atoms with Crippen molar-refractivity contribution < 1.29 is 13.2 Å². The van der Waals surface area contributed by atoms with Gasteiger partial charge < -0.3 is 5.32 Å². The third kappa shape index (κ3) is 4.36. The van der Waals surface area contributed by atoms with Crippen LogP contribution in [0.3, 0.4) is 0 Å². The third-order valence-corrected chi connectivity index (χ3v) is 6.66. The van der Waals surface area contributed by atoms with Crippen molar-refractivity contribution in [3.8, 4) is 0 Å². The van der Waals surface area contributed by atoms with E-state index in [0.717, 1.165) is 37.0 Å². The number of carbonyl (C=O) groups is 1. The van der Waals surface area contributed by atoms with Gasteiger partial charge in [-0.25, -0.2) is 23.1 Å². The molecule has 0 spiro atoms. The molecule has 1 aliphatic rings. The summed E-state index contributed by atoms with van der Waals surface area (Å²) in [5.41, 5.74) is 3.32. The molecule has 2 heterocycles. The molecule has 9 heteroatoms. The van der Waals surface area contributed by atoms with E-state index >= 15 is 0 Å². The Morgan fingerprint density at radius 3 is 2.70 bits per heavy atom. The maximum Gasteiger partial charge on any atom is 0.251 e. The van der Waals surface area contributed by atoms with Crippen LogP contribution in [0.5, 0.6) is 0 Å². The Bertz CT molecular complexity index is 1180. The zero-order chi connectivity index (χ0) is 21.3. The van der Waals surface area contributed by atoms with Crippen LogP contribution in [0, 0.1) is 12.8 Å². The molecule has 0 unspecified atom stereocenters. The lowest BCUT2D eigenvalue weighted by atomic mass is 9.80. The van der Waals surface area contributed by atoms with E-state index in [9.17, 15) is 13.2 Å². The summed E-state index contributed by atoms with van der Waals surface area (Å²) in [6.45, 7) is 2.54. The van der Waals surface area contributed by atoms with Gasteiger partial charge in [0, 0.05) is 36.0 Å². The summed E-state index contributed by atoms with van der Waals surface area (Å²) in [5.74, 6) is 0.530. The molecule has 1 fully saturated rings. The van der Waals surface area contributed by atoms with Gasteiger partial charge in [0.2, 0.25) is 10.0 Å². The molecular weight excluding hydrogens is 402 g/mol. The second-order valence-corrected chi connectivity index (χ2v) is 9.49. The van der Waals surface area contributed by atoms with Gasteiger partial charge in [0.15, 0.2) is 5.65 Å². The molecule has 3 N–H and O–H groups in total. The second kappa shape index (κ2) is 8.16. The predicted octanol–water partition coefficient (Wildman–Crippen LogP) is 2.39. The molecule has 8 nitrogen and oxygen atoms in total. The van der Waals surface area contributed by atoms with Crippen LogP contribution >= 0.6 is 0 Å². The van der Waals surface area contributed by atoms with Crippen molar-refractivity contribution in [1.29, 1.82) is 0 Å². The summed E-state index contributed by atoms with van der Waals surface area (Å²) in [7, 11) is -3.83. The monoisotopic (exact) mass is 427 g/mol. The topological polar surface area (TPSA) is 119 Å². The fourth-order valence-electron chi connectivity index (χ4n) is 4.15. The van der Waals surface area contributed by atoms with Crippen molar-refractivity contribution in [1.82, 2.24) is 19.9 Å². The lowest BCUT2D eigenvalue weighted by molar-refractivity contribution is 0.0942. The molecular formula is C21H25N5O3S. The highest BCUT2D eigenvalue weighted by atomic mass is 32.2. The Kier molecular flexibility index (Phi) is 5.57. The SMILES string of the molecule is Cc1cc2nccc(C3CCC(CNC(=O)c4cccc(S(N)(=O)=O)c4)CC3)n2n1. The molecule has 1 aliphatic carbocycles. The molecule has 1 saturated carbocycles. The van der Waals surface area contributed by atoms with Gasteiger partial charge in [0.25, 0.3) is 5.91 Å². The number of nitrogens with one attached hydrogen (secondary N) is 1. The molecule has 0 radical (unpaired) electrons. The fraction of sp³-hybridized carbons (Fsp3) is 0.381. The van der Waals surface area contributed by atoms with Crippen LogP contribution in [0.15, 0.2) is 47.5 Å². The minimum atomic E-state index is -3.83. The van der Waals surface area contributed by atoms with E-state index in [2.05, 4.69) is 15.4 Å². The van der Waals surface area contributed by atoms with Crippen LogP contribution in [0.1, 0.15) is 53.3 Å². The number of fused-ring (bicyclic) bond motifs is 1. The van der Waals surface area contributed by atoms with Gasteiger partial charge in [-0.15, -0.1) is 0 Å². The van der Waals surface area contributed by atoms with Gasteiger partial charge >= 0.3 is 0 Å². The quantitative estimate of drug-likeness (QED) is 0.648. The van der Waals surface area contributed by atoms with E-state index in [-0.39, 0.29) is 10.8 Å². The Balaban J connectivity index is 1.35. The molecule has 1 amide bonds. The Morgan fingerprint density at radius 2 is 1.97 bits per heavy atom. The molecule has 0 bridgehead atoms. The number of rotatable bonds is 5. The molecule has 0 atom stereocenters. The van der Waals surface area contributed by atoms with Crippen LogP contribution in [0.4, 0.5) is 0 Å². The summed E-state index contributed by atoms with van der Waals surface area (Å²) < 4.78 is 24.9. The number of benzene rings is 1. The highest BCUT2D eigenvalue weighted by Gasteiger charge is 2.25. The lowest BCUT2D eigenvalue weighted by Gasteiger charge is -2.29. The fourth-order valence-corrected chi connectivity index (χ4v) is 4.71. The van der Waals surface area contributed by atoms with Crippen molar-refractivity contribution in [2.24, 2.45) is 11.1 Å². The predicted molar refractivity (Wildman–Crippen MR) is 113 cm³/mol. The van der Waals surface area contributed by atoms with E-state index in [1.54, 1.807) is 6.07 Å². The van der Waals surface area contributed by atoms with Crippen LogP contribution in [-0.4, -0.2) is 35.5 Å². The normalized spacial score (nSPS) is 19.7. The van der Waals surface area contributed by atoms with Gasteiger partial charge in [-0.05, 0) is 62.8 Å². The highest BCUT2D eigenvalue weighted by Crippen LogP contribution is 2.35. The van der Waals surface area contributed by atoms with E-state index in [1.165, 1.54) is 23.9 Å². The molecule has 1 aromatic carbocycles. The maximum atomic E-state index is 12.4. The lowest BCUT2D eigenvalue weighted by Crippen LogP contribution is -2.31. The molecule has 3 aromatic rings. The summed E-state index contributed by atoms with van der Waals surface area (Å²) >= 11 is 0. The number of primary sulfonamides is 1. The molecule has 158 valence electrons. The van der Waals surface area contributed by atoms with Crippen LogP contribution in [0.25, 0.3) is 5.65 Å². The zero-order valence-corrected chi connectivity index (χ0v) is 17.6. The number of hydrogen-bond donors (Lipinski definition) is 2. The maximum absolute atomic E-state index is 12.4. The van der Waals surface area contributed by atoms with Crippen LogP contribution in [-0.2, 0) is 10.0 Å². The minimum absolute atomic E-state index is 0.0619.